The molecule has 0 spiro atoms. The molecule has 0 bridgehead atoms. The first-order valence-electron chi connectivity index (χ1n) is 14.3. The van der Waals surface area contributed by atoms with Gasteiger partial charge in [0.25, 0.3) is 0 Å². The number of benzene rings is 2. The average Bonchev–Trinajstić information content (AvgIpc) is 2.83. The van der Waals surface area contributed by atoms with Crippen LogP contribution in [-0.4, -0.2) is 46.7 Å². The van der Waals surface area contributed by atoms with E-state index in [2.05, 4.69) is 67.5 Å². The number of rotatable bonds is 4. The summed E-state index contributed by atoms with van der Waals surface area (Å²) in [6, 6.07) is 8.23. The topological polar surface area (TPSA) is 145 Å². The minimum Gasteiger partial charge on any atom is -0.550 e. The molecular weight excluding hydrogens is 591 g/mol. The van der Waals surface area contributed by atoms with Crippen molar-refractivity contribution in [1.82, 2.24) is 0 Å². The second-order valence-corrected chi connectivity index (χ2v) is 13.0. The molecule has 0 aliphatic heterocycles. The molecule has 2 aromatic rings. The number of aromatic hydroxyl groups is 2. The Morgan fingerprint density at radius 3 is 1.26 bits per heavy atom. The quantitative estimate of drug-likeness (QED) is 0.465. The first kappa shape index (κ1) is 39.8. The third-order valence-corrected chi connectivity index (χ3v) is 6.69. The first-order chi connectivity index (χ1) is 19.2. The minimum atomic E-state index is -1.08. The largest absolute Gasteiger partial charge is 2.00 e. The van der Waals surface area contributed by atoms with Gasteiger partial charge in [-0.3, -0.25) is 9.98 Å². The van der Waals surface area contributed by atoms with Crippen LogP contribution in [0.5, 0.6) is 11.5 Å². The van der Waals surface area contributed by atoms with Crippen LogP contribution in [0.3, 0.4) is 0 Å². The van der Waals surface area contributed by atoms with Crippen molar-refractivity contribution < 1.29 is 46.8 Å². The van der Waals surface area contributed by atoms with Crippen molar-refractivity contribution in [3.63, 3.8) is 0 Å². The standard InChI is InChI=1S/C30H42N2O2.2C2H4O2.Co/c1-19-13-21(27(33)23(15-19)29(3,4)5)17-31-25-11-9-10-12-26(25)32-18-22-14-20(2)16-24(28(22)34)30(6,7)8;2*1-2(3)4;/h13-18,25-26,33-34H,9-12H2,1-8H3;2*1H3,(H,3,4);/q;;;+2/p-2. The number of carboxylic acid groups (broad SMARTS) is 2. The van der Waals surface area contributed by atoms with Crippen molar-refractivity contribution in [2.45, 2.75) is 118 Å². The third-order valence-electron chi connectivity index (χ3n) is 6.69. The summed E-state index contributed by atoms with van der Waals surface area (Å²) < 4.78 is 0. The van der Waals surface area contributed by atoms with Crippen LogP contribution in [-0.2, 0) is 37.2 Å². The van der Waals surface area contributed by atoms with Crippen LogP contribution in [0.1, 0.15) is 114 Å². The van der Waals surface area contributed by atoms with Gasteiger partial charge >= 0.3 is 16.8 Å². The fourth-order valence-electron chi connectivity index (χ4n) is 4.75. The second kappa shape index (κ2) is 17.2. The molecule has 1 aliphatic carbocycles. The van der Waals surface area contributed by atoms with Gasteiger partial charge in [-0.2, -0.15) is 0 Å². The summed E-state index contributed by atoms with van der Waals surface area (Å²) in [7, 11) is 0. The summed E-state index contributed by atoms with van der Waals surface area (Å²) in [4.78, 5) is 27.6. The number of carbonyl (C=O) groups is 2. The Kier molecular flexibility index (Phi) is 15.9. The van der Waals surface area contributed by atoms with Gasteiger partial charge in [0.05, 0.1) is 12.1 Å². The van der Waals surface area contributed by atoms with Crippen LogP contribution in [0.2, 0.25) is 0 Å². The normalized spacial score (nSPS) is 16.9. The Morgan fingerprint density at radius 1 is 0.721 bits per heavy atom. The van der Waals surface area contributed by atoms with Crippen molar-refractivity contribution in [3.05, 3.63) is 57.6 Å². The van der Waals surface area contributed by atoms with Crippen LogP contribution in [0, 0.1) is 13.8 Å². The van der Waals surface area contributed by atoms with E-state index >= 15 is 0 Å². The molecule has 0 saturated heterocycles. The van der Waals surface area contributed by atoms with Crippen molar-refractivity contribution in [2.75, 3.05) is 0 Å². The van der Waals surface area contributed by atoms with Gasteiger partial charge in [-0.15, -0.1) is 0 Å². The fourth-order valence-corrected chi connectivity index (χ4v) is 4.75. The predicted molar refractivity (Wildman–Crippen MR) is 166 cm³/mol. The molecule has 1 saturated carbocycles. The number of aliphatic imine (C=N–C) groups is 2. The van der Waals surface area contributed by atoms with Gasteiger partial charge in [0.15, 0.2) is 0 Å². The molecule has 8 nitrogen and oxygen atoms in total. The Labute approximate surface area is 267 Å². The van der Waals surface area contributed by atoms with Crippen molar-refractivity contribution in [3.8, 4) is 11.5 Å². The van der Waals surface area contributed by atoms with Crippen molar-refractivity contribution >= 4 is 24.4 Å². The molecule has 2 aromatic carbocycles. The molecule has 9 heteroatoms. The van der Waals surface area contributed by atoms with Crippen LogP contribution in [0.25, 0.3) is 0 Å². The molecule has 3 rings (SSSR count). The molecule has 1 fully saturated rings. The molecule has 2 unspecified atom stereocenters. The van der Waals surface area contributed by atoms with Gasteiger partial charge in [0.2, 0.25) is 0 Å². The van der Waals surface area contributed by atoms with Crippen LogP contribution >= 0.6 is 0 Å². The zero-order valence-corrected chi connectivity index (χ0v) is 28.2. The number of carboxylic acids is 2. The summed E-state index contributed by atoms with van der Waals surface area (Å²) in [5, 5.41) is 39.6. The maximum absolute atomic E-state index is 10.9. The molecule has 0 aromatic heterocycles. The van der Waals surface area contributed by atoms with Crippen LogP contribution < -0.4 is 10.2 Å². The molecule has 0 amide bonds. The van der Waals surface area contributed by atoms with E-state index in [0.717, 1.165) is 72.9 Å². The summed E-state index contributed by atoms with van der Waals surface area (Å²) >= 11 is 0. The van der Waals surface area contributed by atoms with E-state index in [0.29, 0.717) is 11.5 Å². The summed E-state index contributed by atoms with van der Waals surface area (Å²) in [6.07, 6.45) is 7.88. The van der Waals surface area contributed by atoms with E-state index in [1.165, 1.54) is 0 Å². The van der Waals surface area contributed by atoms with Crippen molar-refractivity contribution in [2.24, 2.45) is 9.98 Å². The number of nitrogens with zero attached hydrogens (tertiary/aromatic N) is 2. The van der Waals surface area contributed by atoms with Gasteiger partial charge < -0.3 is 30.0 Å². The number of phenols is 2. The number of hydrogen-bond acceptors (Lipinski definition) is 8. The summed E-state index contributed by atoms with van der Waals surface area (Å²) in [5.74, 6) is -1.53. The smallest absolute Gasteiger partial charge is 0.550 e. The van der Waals surface area contributed by atoms with E-state index in [9.17, 15) is 10.2 Å². The summed E-state index contributed by atoms with van der Waals surface area (Å²) in [6.45, 7) is 18.7. The van der Waals surface area contributed by atoms with Crippen LogP contribution in [0.15, 0.2) is 34.3 Å². The fraction of sp³-hybridized carbons (Fsp3) is 0.529. The Balaban J connectivity index is 0.00000174. The molecule has 2 N–H and O–H groups in total. The van der Waals surface area contributed by atoms with E-state index < -0.39 is 11.9 Å². The van der Waals surface area contributed by atoms with E-state index in [4.69, 9.17) is 29.8 Å². The second-order valence-electron chi connectivity index (χ2n) is 13.0. The Morgan fingerprint density at radius 2 is 1.00 bits per heavy atom. The number of carbonyl (C=O) groups excluding carboxylic acids is 2. The molecule has 0 heterocycles. The average molecular weight is 640 g/mol. The molecule has 1 radical (unpaired) electrons. The zero-order chi connectivity index (χ0) is 32.4. The molecule has 239 valence electrons. The number of phenolic OH excluding ortho intramolecular Hbond substituents is 2. The number of aryl methyl sites for hydroxylation is 2. The van der Waals surface area contributed by atoms with E-state index in [1.54, 1.807) is 0 Å². The molecule has 2 atom stereocenters. The third kappa shape index (κ3) is 13.8. The maximum atomic E-state index is 10.9. The SMILES string of the molecule is CC(=O)[O-].CC(=O)[O-].Cc1cc(C=NC2CCCCC2N=Cc2cc(C)cc(C(C)(C)C)c2O)c(O)c(C(C)(C)C)c1.[Co+2]. The Bertz CT molecular complexity index is 1180. The molecule has 1 aliphatic rings. The summed E-state index contributed by atoms with van der Waals surface area (Å²) in [5.41, 5.74) is 5.37. The van der Waals surface area contributed by atoms with Crippen LogP contribution in [0.4, 0.5) is 0 Å². The first-order valence-corrected chi connectivity index (χ1v) is 14.3. The Hall–Kier alpha value is -3.17. The van der Waals surface area contributed by atoms with Gasteiger partial charge in [-0.1, -0.05) is 66.5 Å². The number of hydrogen-bond donors (Lipinski definition) is 2. The predicted octanol–water partition coefficient (Wildman–Crippen LogP) is 4.67. The maximum Gasteiger partial charge on any atom is 2.00 e. The van der Waals surface area contributed by atoms with Crippen molar-refractivity contribution in [1.29, 1.82) is 0 Å². The van der Waals surface area contributed by atoms with Gasteiger partial charge in [0, 0.05) is 46.6 Å². The molecular formula is C34H48CoN2O6. The monoisotopic (exact) mass is 639 g/mol. The van der Waals surface area contributed by atoms with Gasteiger partial charge in [-0.05, 0) is 74.6 Å². The number of aliphatic carboxylic acids is 2. The van der Waals surface area contributed by atoms with Gasteiger partial charge in [-0.25, -0.2) is 0 Å². The van der Waals surface area contributed by atoms with E-state index in [-0.39, 0.29) is 39.7 Å². The minimum absolute atomic E-state index is 0. The zero-order valence-electron chi connectivity index (χ0n) is 27.2. The molecule has 43 heavy (non-hydrogen) atoms. The van der Waals surface area contributed by atoms with Gasteiger partial charge in [0.1, 0.15) is 11.5 Å². The van der Waals surface area contributed by atoms with E-state index in [1.807, 2.05) is 24.6 Å².